The van der Waals surface area contributed by atoms with Crippen molar-refractivity contribution in [2.75, 3.05) is 13.1 Å². The minimum atomic E-state index is -0.460. The van der Waals surface area contributed by atoms with Gasteiger partial charge >= 0.3 is 6.09 Å². The zero-order chi connectivity index (χ0) is 19.6. The molecule has 0 radical (unpaired) electrons. The molecule has 2 aliphatic rings. The summed E-state index contributed by atoms with van der Waals surface area (Å²) in [6.45, 7) is 17.1. The number of nitrogens with one attached hydrogen (secondary N) is 1. The number of carbonyl (C=O) groups is 1. The van der Waals surface area contributed by atoms with E-state index in [9.17, 15) is 4.79 Å². The average Bonchev–Trinajstić information content (AvgIpc) is 3.01. The SMILES string of the molecule is CC.CC1C=CCC1.CC1CN(C(=O)OC(C)(C)C)C(C)CN1C=N. The minimum absolute atomic E-state index is 0.0719. The number of amides is 1. The lowest BCUT2D eigenvalue weighted by molar-refractivity contribution is 0.000943. The predicted molar refractivity (Wildman–Crippen MR) is 106 cm³/mol. The molecule has 1 amide bonds. The van der Waals surface area contributed by atoms with Gasteiger partial charge in [-0.2, -0.15) is 0 Å². The Morgan fingerprint density at radius 3 is 2.12 bits per heavy atom. The van der Waals surface area contributed by atoms with Gasteiger partial charge in [0.25, 0.3) is 0 Å². The molecule has 5 heteroatoms. The molecule has 0 spiro atoms. The van der Waals surface area contributed by atoms with Crippen LogP contribution in [0.5, 0.6) is 0 Å². The zero-order valence-corrected chi connectivity index (χ0v) is 17.5. The van der Waals surface area contributed by atoms with Crippen LogP contribution in [0, 0.1) is 11.3 Å². The molecule has 146 valence electrons. The average molecular weight is 354 g/mol. The van der Waals surface area contributed by atoms with Gasteiger partial charge in [0, 0.05) is 25.2 Å². The quantitative estimate of drug-likeness (QED) is 0.413. The Bertz CT molecular complexity index is 429. The van der Waals surface area contributed by atoms with E-state index in [0.29, 0.717) is 13.1 Å². The maximum absolute atomic E-state index is 12.0. The summed E-state index contributed by atoms with van der Waals surface area (Å²) >= 11 is 0. The summed E-state index contributed by atoms with van der Waals surface area (Å²) in [7, 11) is 0. The summed E-state index contributed by atoms with van der Waals surface area (Å²) in [5, 5.41) is 7.30. The van der Waals surface area contributed by atoms with Crippen LogP contribution in [0.2, 0.25) is 0 Å². The van der Waals surface area contributed by atoms with Gasteiger partial charge in [-0.15, -0.1) is 0 Å². The highest BCUT2D eigenvalue weighted by molar-refractivity contribution is 5.69. The summed E-state index contributed by atoms with van der Waals surface area (Å²) in [5.74, 6) is 0.866. The summed E-state index contributed by atoms with van der Waals surface area (Å²) in [4.78, 5) is 15.7. The molecule has 0 bridgehead atoms. The van der Waals surface area contributed by atoms with Gasteiger partial charge in [0.2, 0.25) is 0 Å². The number of ether oxygens (including phenoxy) is 1. The van der Waals surface area contributed by atoms with E-state index in [1.807, 2.05) is 53.4 Å². The van der Waals surface area contributed by atoms with Gasteiger partial charge in [-0.3, -0.25) is 5.41 Å². The Morgan fingerprint density at radius 2 is 1.76 bits per heavy atom. The molecule has 1 aliphatic carbocycles. The maximum atomic E-state index is 12.0. The monoisotopic (exact) mass is 353 g/mol. The smallest absolute Gasteiger partial charge is 0.410 e. The maximum Gasteiger partial charge on any atom is 0.410 e. The van der Waals surface area contributed by atoms with Crippen LogP contribution in [0.3, 0.4) is 0 Å². The molecule has 0 aromatic rings. The summed E-state index contributed by atoms with van der Waals surface area (Å²) < 4.78 is 5.38. The third kappa shape index (κ3) is 8.94. The van der Waals surface area contributed by atoms with E-state index in [0.717, 1.165) is 5.92 Å². The van der Waals surface area contributed by atoms with E-state index >= 15 is 0 Å². The van der Waals surface area contributed by atoms with Gasteiger partial charge in [-0.25, -0.2) is 4.79 Å². The number of rotatable bonds is 1. The molecule has 0 aromatic carbocycles. The number of allylic oxidation sites excluding steroid dienone is 2. The fraction of sp³-hybridized carbons (Fsp3) is 0.800. The van der Waals surface area contributed by atoms with Crippen molar-refractivity contribution in [1.82, 2.24) is 9.80 Å². The third-order valence-electron chi connectivity index (χ3n) is 4.08. The van der Waals surface area contributed by atoms with E-state index in [4.69, 9.17) is 10.1 Å². The van der Waals surface area contributed by atoms with Crippen molar-refractivity contribution in [3.05, 3.63) is 12.2 Å². The van der Waals surface area contributed by atoms with Crippen molar-refractivity contribution in [1.29, 1.82) is 5.41 Å². The highest BCUT2D eigenvalue weighted by Gasteiger charge is 2.33. The largest absolute Gasteiger partial charge is 0.444 e. The summed E-state index contributed by atoms with van der Waals surface area (Å²) in [5.41, 5.74) is -0.460. The summed E-state index contributed by atoms with van der Waals surface area (Å²) in [6, 6.07) is 0.235. The number of hydrogen-bond donors (Lipinski definition) is 1. The van der Waals surface area contributed by atoms with Crippen LogP contribution in [0.4, 0.5) is 4.79 Å². The number of nitrogens with zero attached hydrogens (tertiary/aromatic N) is 2. The van der Waals surface area contributed by atoms with Gasteiger partial charge in [0.1, 0.15) is 5.60 Å². The molecule has 1 saturated heterocycles. The predicted octanol–water partition coefficient (Wildman–Crippen LogP) is 4.92. The molecular formula is C20H39N3O2. The van der Waals surface area contributed by atoms with Gasteiger partial charge in [-0.05, 0) is 53.4 Å². The van der Waals surface area contributed by atoms with E-state index in [1.54, 1.807) is 4.90 Å². The Labute approximate surface area is 154 Å². The van der Waals surface area contributed by atoms with Crippen molar-refractivity contribution in [2.24, 2.45) is 5.92 Å². The Hall–Kier alpha value is -1.52. The second kappa shape index (κ2) is 11.2. The van der Waals surface area contributed by atoms with Crippen molar-refractivity contribution in [2.45, 2.75) is 85.9 Å². The first kappa shape index (κ1) is 23.5. The first-order valence-corrected chi connectivity index (χ1v) is 9.56. The molecule has 0 aromatic heterocycles. The first-order chi connectivity index (χ1) is 11.6. The van der Waals surface area contributed by atoms with E-state index in [2.05, 4.69) is 19.1 Å². The molecule has 5 nitrogen and oxygen atoms in total. The minimum Gasteiger partial charge on any atom is -0.444 e. The van der Waals surface area contributed by atoms with Crippen LogP contribution in [0.1, 0.15) is 68.2 Å². The summed E-state index contributed by atoms with van der Waals surface area (Å²) in [6.07, 6.45) is 8.29. The van der Waals surface area contributed by atoms with Crippen molar-refractivity contribution < 1.29 is 9.53 Å². The van der Waals surface area contributed by atoms with Gasteiger partial charge < -0.3 is 14.5 Å². The molecule has 1 N–H and O–H groups in total. The van der Waals surface area contributed by atoms with Crippen LogP contribution in [-0.4, -0.2) is 53.0 Å². The van der Waals surface area contributed by atoms with Gasteiger partial charge in [0.05, 0.1) is 6.34 Å². The van der Waals surface area contributed by atoms with Gasteiger partial charge in [-0.1, -0.05) is 32.9 Å². The molecule has 3 atom stereocenters. The van der Waals surface area contributed by atoms with E-state index in [1.165, 1.54) is 19.2 Å². The fourth-order valence-electron chi connectivity index (χ4n) is 2.69. The number of hydrogen-bond acceptors (Lipinski definition) is 3. The molecule has 3 unspecified atom stereocenters. The number of carbonyl (C=O) groups excluding carboxylic acids is 1. The van der Waals surface area contributed by atoms with Crippen molar-refractivity contribution in [3.63, 3.8) is 0 Å². The Kier molecular flexibility index (Phi) is 10.5. The van der Waals surface area contributed by atoms with Crippen LogP contribution in [-0.2, 0) is 4.74 Å². The topological polar surface area (TPSA) is 56.6 Å². The lowest BCUT2D eigenvalue weighted by atomic mass is 10.1. The van der Waals surface area contributed by atoms with E-state index in [-0.39, 0.29) is 18.2 Å². The fourth-order valence-corrected chi connectivity index (χ4v) is 2.69. The molecule has 25 heavy (non-hydrogen) atoms. The second-order valence-electron chi connectivity index (χ2n) is 7.64. The lowest BCUT2D eigenvalue weighted by Gasteiger charge is -2.43. The second-order valence-corrected chi connectivity index (χ2v) is 7.64. The van der Waals surface area contributed by atoms with Crippen molar-refractivity contribution in [3.8, 4) is 0 Å². The Morgan fingerprint density at radius 1 is 1.16 bits per heavy atom. The molecule has 0 saturated carbocycles. The van der Waals surface area contributed by atoms with Crippen LogP contribution in [0.15, 0.2) is 12.2 Å². The zero-order valence-electron chi connectivity index (χ0n) is 17.5. The normalized spacial score (nSPS) is 25.4. The van der Waals surface area contributed by atoms with Crippen molar-refractivity contribution >= 4 is 12.4 Å². The first-order valence-electron chi connectivity index (χ1n) is 9.56. The molecule has 1 heterocycles. The standard InChI is InChI=1S/C12H23N3O2.C6H10.C2H6/c1-9-7-15(10(2)6-14(9)8-13)11(16)17-12(3,4)5;1-6-4-2-3-5-6;1-2/h8-10,13H,6-7H2,1-5H3;2,4,6H,3,5H2,1H3;1-2H3. The molecular weight excluding hydrogens is 314 g/mol. The lowest BCUT2D eigenvalue weighted by Crippen LogP contribution is -2.58. The molecule has 1 aliphatic heterocycles. The van der Waals surface area contributed by atoms with E-state index < -0.39 is 5.60 Å². The number of piperazine rings is 1. The molecule has 1 fully saturated rings. The highest BCUT2D eigenvalue weighted by atomic mass is 16.6. The van der Waals surface area contributed by atoms with Crippen LogP contribution >= 0.6 is 0 Å². The third-order valence-corrected chi connectivity index (χ3v) is 4.08. The van der Waals surface area contributed by atoms with Gasteiger partial charge in [0.15, 0.2) is 0 Å². The van der Waals surface area contributed by atoms with Crippen LogP contribution in [0.25, 0.3) is 0 Å². The molecule has 2 rings (SSSR count). The Balaban J connectivity index is 0.000000596. The van der Waals surface area contributed by atoms with Crippen LogP contribution < -0.4 is 0 Å². The highest BCUT2D eigenvalue weighted by Crippen LogP contribution is 2.18.